The van der Waals surface area contributed by atoms with Crippen LogP contribution in [0.5, 0.6) is 0 Å². The molecule has 0 bridgehead atoms. The lowest BCUT2D eigenvalue weighted by Crippen LogP contribution is -2.42. The van der Waals surface area contributed by atoms with Crippen molar-refractivity contribution in [3.8, 4) is 0 Å². The Balaban J connectivity index is 2.48. The Bertz CT molecular complexity index is 309. The van der Waals surface area contributed by atoms with Crippen molar-refractivity contribution in [2.45, 2.75) is 38.8 Å². The predicted molar refractivity (Wildman–Crippen MR) is 69.5 cm³/mol. The lowest BCUT2D eigenvalue weighted by molar-refractivity contribution is 0.0589. The Labute approximate surface area is 104 Å². The van der Waals surface area contributed by atoms with Gasteiger partial charge < -0.3 is 10.4 Å². The summed E-state index contributed by atoms with van der Waals surface area (Å²) < 4.78 is 1.12. The molecule has 0 fully saturated rings. The van der Waals surface area contributed by atoms with Gasteiger partial charge in [0.1, 0.15) is 0 Å². The first-order valence-electron chi connectivity index (χ1n) is 5.09. The van der Waals surface area contributed by atoms with Crippen LogP contribution in [0.4, 0.5) is 0 Å². The molecule has 0 aliphatic rings. The second-order valence-electron chi connectivity index (χ2n) is 4.42. The molecule has 0 aromatic carbocycles. The summed E-state index contributed by atoms with van der Waals surface area (Å²) in [6.07, 6.45) is 0.697. The Hall–Kier alpha value is 0.1000. The van der Waals surface area contributed by atoms with Crippen LogP contribution in [0.15, 0.2) is 15.9 Å². The van der Waals surface area contributed by atoms with E-state index in [0.29, 0.717) is 19.0 Å². The van der Waals surface area contributed by atoms with Gasteiger partial charge in [0.05, 0.1) is 9.39 Å². The minimum absolute atomic E-state index is 0.409. The van der Waals surface area contributed by atoms with Gasteiger partial charge in [-0.05, 0) is 35.0 Å². The number of halogens is 1. The van der Waals surface area contributed by atoms with Crippen molar-refractivity contribution in [3.05, 3.63) is 20.8 Å². The third-order valence-corrected chi connectivity index (χ3v) is 3.70. The molecule has 86 valence electrons. The first-order valence-corrected chi connectivity index (χ1v) is 6.70. The molecular formula is C11H18BrNOS. The Morgan fingerprint density at radius 1 is 1.53 bits per heavy atom. The summed E-state index contributed by atoms with van der Waals surface area (Å²) in [5, 5.41) is 13.4. The number of nitrogens with one attached hydrogen (secondary N) is 1. The molecule has 0 radical (unpaired) electrons. The minimum atomic E-state index is -0.672. The highest BCUT2D eigenvalue weighted by Crippen LogP contribution is 2.25. The minimum Gasteiger partial charge on any atom is -0.388 e. The molecule has 1 rings (SSSR count). The molecule has 0 saturated heterocycles. The summed E-state index contributed by atoms with van der Waals surface area (Å²) in [5.41, 5.74) is -0.672. The summed E-state index contributed by atoms with van der Waals surface area (Å²) in [5.74, 6) is 0. The molecule has 4 heteroatoms. The van der Waals surface area contributed by atoms with Gasteiger partial charge >= 0.3 is 0 Å². The molecule has 0 spiro atoms. The van der Waals surface area contributed by atoms with E-state index in [1.807, 2.05) is 13.0 Å². The third kappa shape index (κ3) is 5.11. The Kier molecular flexibility index (Phi) is 4.77. The molecule has 0 saturated carbocycles. The van der Waals surface area contributed by atoms with E-state index in [0.717, 1.165) is 3.79 Å². The fourth-order valence-corrected chi connectivity index (χ4v) is 2.97. The topological polar surface area (TPSA) is 32.3 Å². The summed E-state index contributed by atoms with van der Waals surface area (Å²) in [6.45, 7) is 6.66. The van der Waals surface area contributed by atoms with E-state index in [4.69, 9.17) is 0 Å². The maximum atomic E-state index is 10.2. The fraction of sp³-hybridized carbons (Fsp3) is 0.636. The Morgan fingerprint density at radius 2 is 2.20 bits per heavy atom. The normalized spacial score (nSPS) is 15.6. The average Bonchev–Trinajstić information content (AvgIpc) is 2.47. The van der Waals surface area contributed by atoms with Crippen LogP contribution in [0.1, 0.15) is 25.6 Å². The van der Waals surface area contributed by atoms with E-state index in [-0.39, 0.29) is 0 Å². The zero-order valence-electron chi connectivity index (χ0n) is 9.38. The van der Waals surface area contributed by atoms with Crippen molar-refractivity contribution < 1.29 is 5.11 Å². The van der Waals surface area contributed by atoms with Gasteiger partial charge in [-0.2, -0.15) is 0 Å². The van der Waals surface area contributed by atoms with Crippen molar-refractivity contribution in [1.29, 1.82) is 0 Å². The van der Waals surface area contributed by atoms with Gasteiger partial charge in [0, 0.05) is 23.9 Å². The van der Waals surface area contributed by atoms with Crippen LogP contribution in [-0.4, -0.2) is 23.3 Å². The molecule has 0 aliphatic carbocycles. The molecule has 1 unspecified atom stereocenters. The van der Waals surface area contributed by atoms with Gasteiger partial charge in [0.2, 0.25) is 0 Å². The van der Waals surface area contributed by atoms with Crippen LogP contribution < -0.4 is 5.32 Å². The predicted octanol–water partition coefficient (Wildman–Crippen LogP) is 2.80. The monoisotopic (exact) mass is 291 g/mol. The van der Waals surface area contributed by atoms with Gasteiger partial charge in [0.25, 0.3) is 0 Å². The van der Waals surface area contributed by atoms with Crippen molar-refractivity contribution in [2.24, 2.45) is 0 Å². The zero-order valence-corrected chi connectivity index (χ0v) is 11.8. The van der Waals surface area contributed by atoms with Crippen molar-refractivity contribution in [3.63, 3.8) is 0 Å². The van der Waals surface area contributed by atoms with E-state index in [2.05, 4.69) is 41.2 Å². The molecule has 2 nitrogen and oxygen atoms in total. The zero-order chi connectivity index (χ0) is 11.5. The summed E-state index contributed by atoms with van der Waals surface area (Å²) in [7, 11) is 0. The van der Waals surface area contributed by atoms with Crippen molar-refractivity contribution in [1.82, 2.24) is 5.32 Å². The molecular weight excluding hydrogens is 274 g/mol. The maximum Gasteiger partial charge on any atom is 0.0791 e. The number of rotatable bonds is 5. The van der Waals surface area contributed by atoms with Crippen LogP contribution in [0.25, 0.3) is 0 Å². The van der Waals surface area contributed by atoms with Gasteiger partial charge in [-0.3, -0.25) is 0 Å². The summed E-state index contributed by atoms with van der Waals surface area (Å²) in [6, 6.07) is 4.48. The van der Waals surface area contributed by atoms with Crippen LogP contribution in [0, 0.1) is 0 Å². The first-order chi connectivity index (χ1) is 6.89. The Morgan fingerprint density at radius 3 is 2.67 bits per heavy atom. The highest BCUT2D eigenvalue weighted by molar-refractivity contribution is 9.11. The number of thiophene rings is 1. The molecule has 0 aliphatic heterocycles. The van der Waals surface area contributed by atoms with E-state index in [9.17, 15) is 5.11 Å². The second-order valence-corrected chi connectivity index (χ2v) is 6.96. The molecule has 1 aromatic rings. The van der Waals surface area contributed by atoms with E-state index in [1.54, 1.807) is 11.3 Å². The smallest absolute Gasteiger partial charge is 0.0791 e. The van der Waals surface area contributed by atoms with Gasteiger partial charge in [-0.1, -0.05) is 13.8 Å². The highest BCUT2D eigenvalue weighted by atomic mass is 79.9. The van der Waals surface area contributed by atoms with Crippen molar-refractivity contribution >= 4 is 27.3 Å². The lowest BCUT2D eigenvalue weighted by Gasteiger charge is -2.24. The van der Waals surface area contributed by atoms with Gasteiger partial charge in [-0.15, -0.1) is 11.3 Å². The van der Waals surface area contributed by atoms with Crippen LogP contribution in [0.2, 0.25) is 0 Å². The van der Waals surface area contributed by atoms with Gasteiger partial charge in [0.15, 0.2) is 0 Å². The van der Waals surface area contributed by atoms with Crippen LogP contribution in [0.3, 0.4) is 0 Å². The first kappa shape index (κ1) is 13.2. The lowest BCUT2D eigenvalue weighted by atomic mass is 10.0. The molecule has 2 N–H and O–H groups in total. The summed E-state index contributed by atoms with van der Waals surface area (Å²) >= 11 is 5.10. The molecule has 1 atom stereocenters. The summed E-state index contributed by atoms with van der Waals surface area (Å²) in [4.78, 5) is 1.21. The average molecular weight is 292 g/mol. The fourth-order valence-electron chi connectivity index (χ4n) is 1.31. The molecule has 1 heterocycles. The number of hydrogen-bond donors (Lipinski definition) is 2. The standard InChI is InChI=1S/C11H18BrNOS/c1-8(2)13-7-11(3,14)6-9-4-5-10(12)15-9/h4-5,8,13-14H,6-7H2,1-3H3. The highest BCUT2D eigenvalue weighted by Gasteiger charge is 2.21. The van der Waals surface area contributed by atoms with E-state index in [1.165, 1.54) is 4.88 Å². The number of hydrogen-bond acceptors (Lipinski definition) is 3. The van der Waals surface area contributed by atoms with E-state index >= 15 is 0 Å². The molecule has 15 heavy (non-hydrogen) atoms. The maximum absolute atomic E-state index is 10.2. The quantitative estimate of drug-likeness (QED) is 0.874. The SMILES string of the molecule is CC(C)NCC(C)(O)Cc1ccc(Br)s1. The van der Waals surface area contributed by atoms with Gasteiger partial charge in [-0.25, -0.2) is 0 Å². The third-order valence-electron chi connectivity index (χ3n) is 2.08. The second kappa shape index (κ2) is 5.43. The van der Waals surface area contributed by atoms with Crippen LogP contribution in [-0.2, 0) is 6.42 Å². The largest absolute Gasteiger partial charge is 0.388 e. The number of aliphatic hydroxyl groups is 1. The molecule has 1 aromatic heterocycles. The van der Waals surface area contributed by atoms with E-state index < -0.39 is 5.60 Å². The van der Waals surface area contributed by atoms with Crippen LogP contribution >= 0.6 is 27.3 Å². The van der Waals surface area contributed by atoms with Crippen molar-refractivity contribution in [2.75, 3.05) is 6.54 Å². The molecule has 0 amide bonds.